The Morgan fingerprint density at radius 1 is 1.07 bits per heavy atom. The molecule has 0 saturated carbocycles. The van der Waals surface area contributed by atoms with Gasteiger partial charge >= 0.3 is 0 Å². The number of nitrogens with one attached hydrogen (secondary N) is 1. The second kappa shape index (κ2) is 10.2. The van der Waals surface area contributed by atoms with E-state index >= 15 is 0 Å². The van der Waals surface area contributed by atoms with Gasteiger partial charge in [-0.1, -0.05) is 45.4 Å². The van der Waals surface area contributed by atoms with E-state index in [1.54, 1.807) is 30.3 Å². The van der Waals surface area contributed by atoms with Gasteiger partial charge in [-0.2, -0.15) is 0 Å². The molecule has 2 rings (SSSR count). The van der Waals surface area contributed by atoms with Crippen LogP contribution in [0.15, 0.2) is 53.4 Å². The van der Waals surface area contributed by atoms with E-state index in [0.29, 0.717) is 16.5 Å². The third kappa shape index (κ3) is 5.89. The summed E-state index contributed by atoms with van der Waals surface area (Å²) in [6.07, 6.45) is 0. The fraction of sp³-hybridized carbons (Fsp3) is 0.409. The molecule has 0 radical (unpaired) electrons. The molecule has 1 N–H and O–H groups in total. The highest BCUT2D eigenvalue weighted by atomic mass is 35.5. The summed E-state index contributed by atoms with van der Waals surface area (Å²) >= 11 is 6.09. The van der Waals surface area contributed by atoms with Crippen molar-refractivity contribution in [2.24, 2.45) is 11.8 Å². The molecule has 8 heteroatoms. The molecule has 0 aromatic heterocycles. The molecule has 0 aliphatic rings. The molecule has 0 aliphatic carbocycles. The summed E-state index contributed by atoms with van der Waals surface area (Å²) in [7, 11) is -2.50. The van der Waals surface area contributed by atoms with Gasteiger partial charge in [0.05, 0.1) is 17.7 Å². The van der Waals surface area contributed by atoms with E-state index in [2.05, 4.69) is 5.32 Å². The van der Waals surface area contributed by atoms with E-state index in [9.17, 15) is 13.2 Å². The minimum absolute atomic E-state index is 0.0559. The van der Waals surface area contributed by atoms with Gasteiger partial charge in [0.2, 0.25) is 5.91 Å². The summed E-state index contributed by atoms with van der Waals surface area (Å²) in [6.45, 7) is 7.73. The molecule has 0 spiro atoms. The van der Waals surface area contributed by atoms with Crippen LogP contribution in [0.2, 0.25) is 5.02 Å². The Kier molecular flexibility index (Phi) is 8.15. The van der Waals surface area contributed by atoms with Crippen LogP contribution in [0.1, 0.15) is 27.7 Å². The van der Waals surface area contributed by atoms with Crippen molar-refractivity contribution in [2.75, 3.05) is 18.0 Å². The summed E-state index contributed by atoms with van der Waals surface area (Å²) in [5.74, 6) is 0.593. The van der Waals surface area contributed by atoms with Crippen LogP contribution >= 0.6 is 11.6 Å². The molecule has 0 saturated heterocycles. The molecule has 1 amide bonds. The lowest BCUT2D eigenvalue weighted by molar-refractivity contribution is -0.121. The van der Waals surface area contributed by atoms with Gasteiger partial charge in [0.25, 0.3) is 10.0 Å². The van der Waals surface area contributed by atoms with Crippen LogP contribution in [0.3, 0.4) is 0 Å². The number of methoxy groups -OCH3 is 1. The quantitative estimate of drug-likeness (QED) is 0.614. The van der Waals surface area contributed by atoms with Crippen molar-refractivity contribution in [3.05, 3.63) is 53.6 Å². The largest absolute Gasteiger partial charge is 0.497 e. The summed E-state index contributed by atoms with van der Waals surface area (Å²) in [5, 5.41) is 3.35. The predicted octanol–water partition coefficient (Wildman–Crippen LogP) is 4.34. The first-order valence-electron chi connectivity index (χ1n) is 9.78. The summed E-state index contributed by atoms with van der Waals surface area (Å²) < 4.78 is 33.0. The van der Waals surface area contributed by atoms with E-state index in [0.717, 1.165) is 4.31 Å². The molecule has 2 aromatic rings. The number of rotatable bonds is 9. The van der Waals surface area contributed by atoms with Gasteiger partial charge < -0.3 is 10.1 Å². The lowest BCUT2D eigenvalue weighted by Gasteiger charge is -2.29. The zero-order valence-electron chi connectivity index (χ0n) is 17.9. The maximum absolute atomic E-state index is 13.4. The fourth-order valence-electron chi connectivity index (χ4n) is 3.29. The highest BCUT2D eigenvalue weighted by Crippen LogP contribution is 2.27. The molecule has 0 heterocycles. The molecule has 164 valence electrons. The van der Waals surface area contributed by atoms with Crippen LogP contribution in [-0.4, -0.2) is 34.0 Å². The van der Waals surface area contributed by atoms with Gasteiger partial charge in [0.1, 0.15) is 12.3 Å². The van der Waals surface area contributed by atoms with E-state index in [1.165, 1.54) is 25.3 Å². The Morgan fingerprint density at radius 2 is 1.67 bits per heavy atom. The molecule has 6 nitrogen and oxygen atoms in total. The second-order valence-electron chi connectivity index (χ2n) is 7.75. The number of halogens is 1. The van der Waals surface area contributed by atoms with Crippen LogP contribution in [0.25, 0.3) is 0 Å². The highest BCUT2D eigenvalue weighted by Gasteiger charge is 2.29. The van der Waals surface area contributed by atoms with Crippen molar-refractivity contribution in [3.8, 4) is 5.75 Å². The van der Waals surface area contributed by atoms with Crippen LogP contribution < -0.4 is 14.4 Å². The average molecular weight is 453 g/mol. The Morgan fingerprint density at radius 3 is 2.17 bits per heavy atom. The number of anilines is 1. The SMILES string of the molecule is COc1ccc(S(=O)(=O)N(CC(=O)NC(C(C)C)C(C)C)c2cccc(Cl)c2)cc1. The number of hydrogen-bond donors (Lipinski definition) is 1. The lowest BCUT2D eigenvalue weighted by Crippen LogP contribution is -2.47. The van der Waals surface area contributed by atoms with Crippen LogP contribution in [0.4, 0.5) is 5.69 Å². The number of sulfonamides is 1. The number of ether oxygens (including phenoxy) is 1. The van der Waals surface area contributed by atoms with Crippen molar-refractivity contribution in [2.45, 2.75) is 38.6 Å². The van der Waals surface area contributed by atoms with Crippen molar-refractivity contribution in [1.82, 2.24) is 5.32 Å². The standard InChI is InChI=1S/C22H29ClN2O4S/c1-15(2)22(16(3)4)24-21(26)14-25(18-8-6-7-17(23)13-18)30(27,28)20-11-9-19(29-5)10-12-20/h6-13,15-16,22H,14H2,1-5H3,(H,24,26). The van der Waals surface area contributed by atoms with Gasteiger partial charge in [0, 0.05) is 11.1 Å². The minimum atomic E-state index is -4.01. The molecule has 0 unspecified atom stereocenters. The van der Waals surface area contributed by atoms with Crippen molar-refractivity contribution in [1.29, 1.82) is 0 Å². The molecule has 0 bridgehead atoms. The number of amides is 1. The van der Waals surface area contributed by atoms with E-state index in [4.69, 9.17) is 16.3 Å². The molecule has 0 aliphatic heterocycles. The molecule has 30 heavy (non-hydrogen) atoms. The normalized spacial score (nSPS) is 11.8. The molecular weight excluding hydrogens is 424 g/mol. The smallest absolute Gasteiger partial charge is 0.264 e. The second-order valence-corrected chi connectivity index (χ2v) is 10.0. The minimum Gasteiger partial charge on any atom is -0.497 e. The Balaban J connectivity index is 2.41. The van der Waals surface area contributed by atoms with Gasteiger partial charge in [0.15, 0.2) is 0 Å². The number of carbonyl (C=O) groups is 1. The first-order valence-corrected chi connectivity index (χ1v) is 11.6. The summed E-state index contributed by atoms with van der Waals surface area (Å²) in [5.41, 5.74) is 0.319. The number of nitrogens with zero attached hydrogens (tertiary/aromatic N) is 1. The number of benzene rings is 2. The fourth-order valence-corrected chi connectivity index (χ4v) is 4.88. The van der Waals surface area contributed by atoms with Gasteiger partial charge in [-0.25, -0.2) is 8.42 Å². The number of hydrogen-bond acceptors (Lipinski definition) is 4. The Bertz CT molecular complexity index is 951. The molecule has 0 fully saturated rings. The van der Waals surface area contributed by atoms with Gasteiger partial charge in [-0.05, 0) is 54.3 Å². The first-order chi connectivity index (χ1) is 14.1. The predicted molar refractivity (Wildman–Crippen MR) is 121 cm³/mol. The van der Waals surface area contributed by atoms with E-state index < -0.39 is 10.0 Å². The van der Waals surface area contributed by atoms with E-state index in [1.807, 2.05) is 27.7 Å². The Hall–Kier alpha value is -2.25. The van der Waals surface area contributed by atoms with Gasteiger partial charge in [-0.3, -0.25) is 9.10 Å². The van der Waals surface area contributed by atoms with Crippen molar-refractivity contribution >= 4 is 33.2 Å². The topological polar surface area (TPSA) is 75.7 Å². The maximum atomic E-state index is 13.4. The average Bonchev–Trinajstić information content (AvgIpc) is 2.69. The molecule has 2 aromatic carbocycles. The summed E-state index contributed by atoms with van der Waals surface area (Å²) in [4.78, 5) is 12.9. The van der Waals surface area contributed by atoms with Crippen molar-refractivity contribution in [3.63, 3.8) is 0 Å². The highest BCUT2D eigenvalue weighted by molar-refractivity contribution is 7.92. The summed E-state index contributed by atoms with van der Waals surface area (Å²) in [6, 6.07) is 12.4. The first kappa shape index (κ1) is 24.0. The zero-order chi connectivity index (χ0) is 22.5. The monoisotopic (exact) mass is 452 g/mol. The zero-order valence-corrected chi connectivity index (χ0v) is 19.5. The van der Waals surface area contributed by atoms with Crippen LogP contribution in [-0.2, 0) is 14.8 Å². The van der Waals surface area contributed by atoms with Crippen LogP contribution in [0, 0.1) is 11.8 Å². The Labute approximate surface area is 184 Å². The third-order valence-corrected chi connectivity index (χ3v) is 6.82. The maximum Gasteiger partial charge on any atom is 0.264 e. The third-order valence-electron chi connectivity index (χ3n) is 4.79. The van der Waals surface area contributed by atoms with E-state index in [-0.39, 0.29) is 35.2 Å². The lowest BCUT2D eigenvalue weighted by atomic mass is 9.93. The van der Waals surface area contributed by atoms with Crippen molar-refractivity contribution < 1.29 is 17.9 Å². The number of carbonyl (C=O) groups excluding carboxylic acids is 1. The molecule has 0 atom stereocenters. The van der Waals surface area contributed by atoms with Gasteiger partial charge in [-0.15, -0.1) is 0 Å². The molecular formula is C22H29ClN2O4S. The van der Waals surface area contributed by atoms with Crippen LogP contribution in [0.5, 0.6) is 5.75 Å².